The van der Waals surface area contributed by atoms with E-state index in [1.807, 2.05) is 20.8 Å². The molecule has 0 amide bonds. The summed E-state index contributed by atoms with van der Waals surface area (Å²) in [4.78, 5) is 0. The number of nitrogens with one attached hydrogen (secondary N) is 1. The number of aliphatic hydroxyl groups is 2. The van der Waals surface area contributed by atoms with Crippen molar-refractivity contribution in [1.82, 2.24) is 5.32 Å². The molecular formula is C13H21NO3. The molecule has 1 aromatic carbocycles. The van der Waals surface area contributed by atoms with Crippen LogP contribution < -0.4 is 5.32 Å². The summed E-state index contributed by atoms with van der Waals surface area (Å²) < 4.78 is 15.4. The van der Waals surface area contributed by atoms with Crippen LogP contribution in [0.1, 0.15) is 40.7 Å². The van der Waals surface area contributed by atoms with E-state index in [2.05, 4.69) is 5.32 Å². The van der Waals surface area contributed by atoms with Crippen molar-refractivity contribution in [2.24, 2.45) is 0 Å². The Morgan fingerprint density at radius 1 is 1.41 bits per heavy atom. The number of aromatic hydroxyl groups is 1. The summed E-state index contributed by atoms with van der Waals surface area (Å²) in [6.07, 6.45) is -0.971. The molecule has 0 aliphatic heterocycles. The van der Waals surface area contributed by atoms with Crippen molar-refractivity contribution in [3.05, 3.63) is 29.3 Å². The molecule has 0 aromatic heterocycles. The zero-order valence-corrected chi connectivity index (χ0v) is 10.4. The topological polar surface area (TPSA) is 72.7 Å². The molecule has 1 rings (SSSR count). The van der Waals surface area contributed by atoms with E-state index < -0.39 is 18.5 Å². The highest BCUT2D eigenvalue weighted by Crippen LogP contribution is 2.22. The number of aliphatic hydroxyl groups excluding tert-OH is 2. The second-order valence-corrected chi connectivity index (χ2v) is 5.03. The van der Waals surface area contributed by atoms with Crippen LogP contribution in [0.5, 0.6) is 5.75 Å². The Morgan fingerprint density at radius 3 is 2.59 bits per heavy atom. The van der Waals surface area contributed by atoms with Crippen molar-refractivity contribution in [3.8, 4) is 5.75 Å². The van der Waals surface area contributed by atoms with E-state index in [1.165, 1.54) is 6.07 Å². The van der Waals surface area contributed by atoms with Crippen LogP contribution in [0.4, 0.5) is 0 Å². The van der Waals surface area contributed by atoms with Crippen molar-refractivity contribution in [2.75, 3.05) is 6.54 Å². The lowest BCUT2D eigenvalue weighted by Crippen LogP contribution is -2.38. The monoisotopic (exact) mass is 241 g/mol. The molecule has 4 N–H and O–H groups in total. The number of benzene rings is 1. The second-order valence-electron chi connectivity index (χ2n) is 5.03. The molecule has 4 nitrogen and oxygen atoms in total. The maximum absolute atomic E-state index is 10.1. The fourth-order valence-corrected chi connectivity index (χ4v) is 1.32. The first-order valence-corrected chi connectivity index (χ1v) is 5.53. The van der Waals surface area contributed by atoms with Gasteiger partial charge in [0.1, 0.15) is 5.75 Å². The first-order valence-electron chi connectivity index (χ1n) is 6.53. The van der Waals surface area contributed by atoms with Crippen molar-refractivity contribution in [3.63, 3.8) is 0 Å². The van der Waals surface area contributed by atoms with E-state index in [0.717, 1.165) is 0 Å². The Bertz CT molecular complexity index is 458. The van der Waals surface area contributed by atoms with Gasteiger partial charge in [-0.1, -0.05) is 6.04 Å². The first-order chi connectivity index (χ1) is 8.67. The molecule has 0 fully saturated rings. The fourth-order valence-electron chi connectivity index (χ4n) is 1.32. The maximum Gasteiger partial charge on any atom is 0.121 e. The van der Waals surface area contributed by atoms with Crippen LogP contribution >= 0.6 is 0 Å². The van der Waals surface area contributed by atoms with Gasteiger partial charge in [-0.15, -0.1) is 0 Å². The van der Waals surface area contributed by atoms with Gasteiger partial charge in [0.25, 0.3) is 0 Å². The van der Waals surface area contributed by atoms with Gasteiger partial charge in [0.05, 0.1) is 15.5 Å². The molecule has 96 valence electrons. The third-order valence-corrected chi connectivity index (χ3v) is 2.31. The van der Waals surface area contributed by atoms with E-state index in [4.69, 9.17) is 7.85 Å². The van der Waals surface area contributed by atoms with Gasteiger partial charge in [0, 0.05) is 17.6 Å². The zero-order valence-electron chi connectivity index (χ0n) is 12.4. The van der Waals surface area contributed by atoms with E-state index in [9.17, 15) is 10.2 Å². The number of hydrogen-bond donors (Lipinski definition) is 4. The zero-order chi connectivity index (χ0) is 14.8. The molecule has 0 unspecified atom stereocenters. The highest BCUT2D eigenvalue weighted by molar-refractivity contribution is 5.36. The molecule has 1 atom stereocenters. The lowest BCUT2D eigenvalue weighted by Gasteiger charge is -2.23. The average Bonchev–Trinajstić information content (AvgIpc) is 2.33. The van der Waals surface area contributed by atoms with Crippen molar-refractivity contribution in [1.29, 1.82) is 0 Å². The van der Waals surface area contributed by atoms with Gasteiger partial charge in [-0.25, -0.2) is 0 Å². The molecule has 0 heterocycles. The first kappa shape index (κ1) is 11.0. The summed E-state index contributed by atoms with van der Waals surface area (Å²) >= 11 is 0. The number of phenols is 1. The second kappa shape index (κ2) is 5.49. The van der Waals surface area contributed by atoms with Crippen LogP contribution in [0.2, 0.25) is 0 Å². The van der Waals surface area contributed by atoms with Crippen molar-refractivity contribution >= 4 is 0 Å². The molecule has 0 aliphatic rings. The highest BCUT2D eigenvalue weighted by atomic mass is 16.3. The van der Waals surface area contributed by atoms with Gasteiger partial charge in [0.2, 0.25) is 0 Å². The van der Waals surface area contributed by atoms with Crippen LogP contribution in [0.3, 0.4) is 0 Å². The molecular weight excluding hydrogens is 218 g/mol. The summed E-state index contributed by atoms with van der Waals surface area (Å²) in [6, 6.07) is 0.763. The van der Waals surface area contributed by atoms with Crippen LogP contribution in [0.15, 0.2) is 18.2 Å². The standard InChI is InChI=1S/C13H21NO3/c1-13(2,3)14-7-12(17)9-4-5-11(16)10(6-9)8-15/h4-6,12,14-17H,7-8H2,1-3H3/t12-/m0/s1/i4D,5D. The average molecular weight is 241 g/mol. The van der Waals surface area contributed by atoms with Crippen LogP contribution in [0.25, 0.3) is 0 Å². The lowest BCUT2D eigenvalue weighted by molar-refractivity contribution is 0.163. The van der Waals surface area contributed by atoms with Crippen LogP contribution in [0, 0.1) is 0 Å². The number of rotatable bonds is 4. The molecule has 17 heavy (non-hydrogen) atoms. The van der Waals surface area contributed by atoms with Gasteiger partial charge in [0.15, 0.2) is 0 Å². The van der Waals surface area contributed by atoms with E-state index >= 15 is 0 Å². The minimum absolute atomic E-state index is 0.144. The smallest absolute Gasteiger partial charge is 0.121 e. The molecule has 0 spiro atoms. The largest absolute Gasteiger partial charge is 0.508 e. The van der Waals surface area contributed by atoms with Crippen LogP contribution in [-0.2, 0) is 6.61 Å². The lowest BCUT2D eigenvalue weighted by atomic mass is 10.0. The maximum atomic E-state index is 10.1. The number of hydrogen-bond acceptors (Lipinski definition) is 4. The van der Waals surface area contributed by atoms with E-state index in [0.29, 0.717) is 0 Å². The molecule has 0 saturated carbocycles. The third kappa shape index (κ3) is 4.34. The van der Waals surface area contributed by atoms with Crippen molar-refractivity contribution in [2.45, 2.75) is 39.0 Å². The SMILES string of the molecule is [2H]c1c([C@@H](O)CNC(C)(C)C)cc(CO)c(O)c1[2H]. The van der Waals surface area contributed by atoms with Gasteiger partial charge < -0.3 is 20.6 Å². The minimum Gasteiger partial charge on any atom is -0.508 e. The Labute approximate surface area is 105 Å². The Morgan fingerprint density at radius 2 is 2.06 bits per heavy atom. The van der Waals surface area contributed by atoms with Crippen molar-refractivity contribution < 1.29 is 18.1 Å². The Kier molecular flexibility index (Phi) is 3.56. The van der Waals surface area contributed by atoms with Crippen LogP contribution in [-0.4, -0.2) is 27.4 Å². The third-order valence-electron chi connectivity index (χ3n) is 2.31. The summed E-state index contributed by atoms with van der Waals surface area (Å²) in [7, 11) is 0. The summed E-state index contributed by atoms with van der Waals surface area (Å²) in [5.74, 6) is -0.410. The molecule has 0 saturated heterocycles. The number of β-amino-alcohol motifs (C(OH)–C–C–N with tert-alkyl or cyclic N) is 1. The minimum atomic E-state index is -0.971. The van der Waals surface area contributed by atoms with Gasteiger partial charge in [-0.3, -0.25) is 0 Å². The molecule has 0 aliphatic carbocycles. The van der Waals surface area contributed by atoms with Gasteiger partial charge in [-0.05, 0) is 38.4 Å². The predicted molar refractivity (Wildman–Crippen MR) is 66.7 cm³/mol. The normalized spacial score (nSPS) is 15.4. The highest BCUT2D eigenvalue weighted by Gasteiger charge is 2.14. The van der Waals surface area contributed by atoms with Gasteiger partial charge in [-0.2, -0.15) is 0 Å². The predicted octanol–water partition coefficient (Wildman–Crippen LogP) is 1.31. The van der Waals surface area contributed by atoms with E-state index in [-0.39, 0.29) is 35.3 Å². The quantitative estimate of drug-likeness (QED) is 0.641. The molecule has 0 bridgehead atoms. The Hall–Kier alpha value is -1.10. The molecule has 0 radical (unpaired) electrons. The summed E-state index contributed by atoms with van der Waals surface area (Å²) in [5.41, 5.74) is 0.193. The summed E-state index contributed by atoms with van der Waals surface area (Å²) in [5, 5.41) is 31.8. The van der Waals surface area contributed by atoms with Gasteiger partial charge >= 0.3 is 0 Å². The summed E-state index contributed by atoms with van der Waals surface area (Å²) in [6.45, 7) is 5.64. The molecule has 1 aromatic rings. The fraction of sp³-hybridized carbons (Fsp3) is 0.538. The Balaban J connectivity index is 3.03. The van der Waals surface area contributed by atoms with E-state index in [1.54, 1.807) is 0 Å². The molecule has 4 heteroatoms.